The summed E-state index contributed by atoms with van der Waals surface area (Å²) in [6, 6.07) is 11.9. The number of hydroxylamine groups is 1. The first-order valence-corrected chi connectivity index (χ1v) is 10.6. The largest absolute Gasteiger partial charge is 0.444 e. The van der Waals surface area contributed by atoms with Crippen LogP contribution in [0.25, 0.3) is 0 Å². The normalized spacial score (nSPS) is 11.9. The highest BCUT2D eigenvalue weighted by molar-refractivity contribution is 5.97. The van der Waals surface area contributed by atoms with Crippen molar-refractivity contribution in [2.24, 2.45) is 0 Å². The molecule has 0 bridgehead atoms. The van der Waals surface area contributed by atoms with E-state index in [4.69, 9.17) is 9.94 Å². The molecule has 0 saturated carbocycles. The van der Waals surface area contributed by atoms with Gasteiger partial charge < -0.3 is 15.2 Å². The molecule has 2 rings (SSSR count). The Labute approximate surface area is 203 Å². The lowest BCUT2D eigenvalue weighted by Gasteiger charge is -2.19. The molecule has 0 aromatic heterocycles. The van der Waals surface area contributed by atoms with Gasteiger partial charge in [-0.2, -0.15) is 0 Å². The molecular formula is C26H27N3O6. The highest BCUT2D eigenvalue weighted by Gasteiger charge is 2.25. The number of anilines is 1. The predicted molar refractivity (Wildman–Crippen MR) is 129 cm³/mol. The summed E-state index contributed by atoms with van der Waals surface area (Å²) in [6.45, 7) is 6.65. The summed E-state index contributed by atoms with van der Waals surface area (Å²) in [6.07, 6.45) is -1.76. The number of carbonyl (C=O) groups excluding carboxylic acids is 3. The zero-order chi connectivity index (χ0) is 26.0. The third kappa shape index (κ3) is 9.22. The van der Waals surface area contributed by atoms with Crippen LogP contribution in [0.15, 0.2) is 48.5 Å². The van der Waals surface area contributed by atoms with Crippen LogP contribution in [0.4, 0.5) is 10.5 Å². The molecule has 2 aromatic carbocycles. The minimum atomic E-state index is -1.31. The van der Waals surface area contributed by atoms with Gasteiger partial charge in [0.25, 0.3) is 11.8 Å². The van der Waals surface area contributed by atoms with Gasteiger partial charge in [0.1, 0.15) is 11.6 Å². The van der Waals surface area contributed by atoms with Crippen LogP contribution in [0.1, 0.15) is 49.2 Å². The molecule has 0 radical (unpaired) electrons. The molecule has 0 unspecified atom stereocenters. The Hall–Kier alpha value is -4.31. The number of amides is 3. The van der Waals surface area contributed by atoms with Crippen molar-refractivity contribution in [3.8, 4) is 23.7 Å². The molecule has 35 heavy (non-hydrogen) atoms. The summed E-state index contributed by atoms with van der Waals surface area (Å²) in [7, 11) is 0. The summed E-state index contributed by atoms with van der Waals surface area (Å²) in [5.74, 6) is 9.68. The number of ether oxygens (including phenoxy) is 1. The maximum Gasteiger partial charge on any atom is 0.412 e. The maximum atomic E-state index is 12.3. The summed E-state index contributed by atoms with van der Waals surface area (Å²) in [4.78, 5) is 35.7. The van der Waals surface area contributed by atoms with E-state index in [0.717, 1.165) is 0 Å². The Morgan fingerprint density at radius 1 is 0.971 bits per heavy atom. The van der Waals surface area contributed by atoms with Gasteiger partial charge in [0.05, 0.1) is 6.10 Å². The van der Waals surface area contributed by atoms with Gasteiger partial charge in [-0.05, 0) is 82.0 Å². The first-order valence-electron chi connectivity index (χ1n) is 10.6. The minimum absolute atomic E-state index is 0.243. The first-order chi connectivity index (χ1) is 16.5. The van der Waals surface area contributed by atoms with Crippen LogP contribution < -0.4 is 16.1 Å². The maximum absolute atomic E-state index is 12.3. The van der Waals surface area contributed by atoms with E-state index in [2.05, 4.69) is 34.3 Å². The van der Waals surface area contributed by atoms with E-state index in [1.165, 1.54) is 24.5 Å². The second-order valence-electron chi connectivity index (χ2n) is 8.45. The van der Waals surface area contributed by atoms with Crippen molar-refractivity contribution in [3.05, 3.63) is 65.2 Å². The van der Waals surface area contributed by atoms with Crippen LogP contribution in [0.5, 0.6) is 0 Å². The van der Waals surface area contributed by atoms with E-state index in [0.29, 0.717) is 16.8 Å². The number of aliphatic hydroxyl groups excluding tert-OH is 1. The Morgan fingerprint density at radius 3 is 2.17 bits per heavy atom. The van der Waals surface area contributed by atoms with Crippen LogP contribution in [-0.2, 0) is 9.53 Å². The van der Waals surface area contributed by atoms with Crippen molar-refractivity contribution in [3.63, 3.8) is 0 Å². The number of benzene rings is 2. The Balaban J connectivity index is 2.01. The fourth-order valence-corrected chi connectivity index (χ4v) is 2.71. The van der Waals surface area contributed by atoms with Crippen LogP contribution >= 0.6 is 0 Å². The highest BCUT2D eigenvalue weighted by atomic mass is 16.6. The topological polar surface area (TPSA) is 137 Å². The van der Waals surface area contributed by atoms with Crippen molar-refractivity contribution < 1.29 is 29.4 Å². The van der Waals surface area contributed by atoms with Crippen molar-refractivity contribution in [2.75, 3.05) is 5.32 Å². The van der Waals surface area contributed by atoms with E-state index in [9.17, 15) is 19.5 Å². The third-order valence-electron chi connectivity index (χ3n) is 4.29. The van der Waals surface area contributed by atoms with Gasteiger partial charge in [-0.15, -0.1) is 0 Å². The van der Waals surface area contributed by atoms with Gasteiger partial charge in [0, 0.05) is 22.4 Å². The monoisotopic (exact) mass is 477 g/mol. The highest BCUT2D eigenvalue weighted by Crippen LogP contribution is 2.13. The molecule has 2 aromatic rings. The number of hydrogen-bond donors (Lipinski definition) is 5. The van der Waals surface area contributed by atoms with Gasteiger partial charge in [-0.3, -0.25) is 20.1 Å². The van der Waals surface area contributed by atoms with Crippen molar-refractivity contribution in [1.29, 1.82) is 0 Å². The van der Waals surface area contributed by atoms with Crippen molar-refractivity contribution in [2.45, 2.75) is 45.4 Å². The van der Waals surface area contributed by atoms with Gasteiger partial charge in [-0.25, -0.2) is 10.3 Å². The van der Waals surface area contributed by atoms with Crippen LogP contribution in [-0.4, -0.2) is 46.0 Å². The zero-order valence-electron chi connectivity index (χ0n) is 19.8. The molecule has 182 valence electrons. The lowest BCUT2D eigenvalue weighted by Crippen LogP contribution is -2.51. The third-order valence-corrected chi connectivity index (χ3v) is 4.29. The molecule has 0 aliphatic rings. The standard InChI is InChI=1S/C26H27N3O6/c1-17(30)22(24(32)29-34)28-23(31)20-14-12-18(13-15-20)8-5-6-9-19-10-7-11-21(16-19)27-25(33)35-26(2,3)4/h7,10-17,22,30,34H,1-4H3,(H,27,33)(H,28,31)(H,29,32)/t17-,22+/m1/s1. The van der Waals surface area contributed by atoms with E-state index in [-0.39, 0.29) is 5.56 Å². The molecule has 3 amide bonds. The molecule has 2 atom stereocenters. The fourth-order valence-electron chi connectivity index (χ4n) is 2.71. The average molecular weight is 478 g/mol. The summed E-state index contributed by atoms with van der Waals surface area (Å²) in [5.41, 5.74) is 2.85. The number of rotatable bonds is 5. The van der Waals surface area contributed by atoms with E-state index in [1.807, 2.05) is 0 Å². The van der Waals surface area contributed by atoms with Crippen LogP contribution in [0, 0.1) is 23.7 Å². The molecule has 0 heterocycles. The molecule has 0 aliphatic carbocycles. The zero-order valence-corrected chi connectivity index (χ0v) is 19.8. The average Bonchev–Trinajstić information content (AvgIpc) is 2.78. The number of nitrogens with one attached hydrogen (secondary N) is 3. The SMILES string of the molecule is C[C@@H](O)[C@H](NC(=O)c1ccc(C#CC#Cc2cccc(NC(=O)OC(C)(C)C)c2)cc1)C(=O)NO. The number of carbonyl (C=O) groups is 3. The number of aliphatic hydroxyl groups is 1. The smallest absolute Gasteiger partial charge is 0.412 e. The molecule has 9 nitrogen and oxygen atoms in total. The minimum Gasteiger partial charge on any atom is -0.444 e. The lowest BCUT2D eigenvalue weighted by atomic mass is 10.1. The second kappa shape index (κ2) is 12.2. The van der Waals surface area contributed by atoms with Gasteiger partial charge >= 0.3 is 6.09 Å². The summed E-state index contributed by atoms with van der Waals surface area (Å²) >= 11 is 0. The molecule has 0 fully saturated rings. The predicted octanol–water partition coefficient (Wildman–Crippen LogP) is 2.42. The summed E-state index contributed by atoms with van der Waals surface area (Å²) in [5, 5.41) is 23.3. The Morgan fingerprint density at radius 2 is 1.60 bits per heavy atom. The van der Waals surface area contributed by atoms with Crippen LogP contribution in [0.3, 0.4) is 0 Å². The van der Waals surface area contributed by atoms with E-state index >= 15 is 0 Å². The molecular weight excluding hydrogens is 450 g/mol. The molecule has 0 aliphatic heterocycles. The second-order valence-corrected chi connectivity index (χ2v) is 8.45. The lowest BCUT2D eigenvalue weighted by molar-refractivity contribution is -0.133. The van der Waals surface area contributed by atoms with Crippen molar-refractivity contribution in [1.82, 2.24) is 10.8 Å². The fraction of sp³-hybridized carbons (Fsp3) is 0.269. The van der Waals surface area contributed by atoms with Gasteiger partial charge in [-0.1, -0.05) is 17.9 Å². The molecule has 5 N–H and O–H groups in total. The van der Waals surface area contributed by atoms with Gasteiger partial charge in [0.15, 0.2) is 0 Å². The van der Waals surface area contributed by atoms with E-state index in [1.54, 1.807) is 57.2 Å². The quantitative estimate of drug-likeness (QED) is 0.255. The molecule has 0 spiro atoms. The Kier molecular flexibility index (Phi) is 9.42. The van der Waals surface area contributed by atoms with Crippen molar-refractivity contribution >= 4 is 23.6 Å². The van der Waals surface area contributed by atoms with Crippen LogP contribution in [0.2, 0.25) is 0 Å². The summed E-state index contributed by atoms with van der Waals surface area (Å²) < 4.78 is 5.22. The molecule has 0 saturated heterocycles. The number of hydrogen-bond acceptors (Lipinski definition) is 6. The molecule has 9 heteroatoms. The first kappa shape index (κ1) is 26.9. The van der Waals surface area contributed by atoms with Gasteiger partial charge in [0.2, 0.25) is 0 Å². The Bertz CT molecular complexity index is 1190. The van der Waals surface area contributed by atoms with E-state index < -0.39 is 35.7 Å².